The Morgan fingerprint density at radius 3 is 2.65 bits per heavy atom. The van der Waals surface area contributed by atoms with Gasteiger partial charge in [0.25, 0.3) is 11.5 Å². The van der Waals surface area contributed by atoms with Crippen molar-refractivity contribution < 1.29 is 9.53 Å². The maximum absolute atomic E-state index is 12.7. The van der Waals surface area contributed by atoms with Crippen LogP contribution in [-0.4, -0.2) is 24.0 Å². The minimum Gasteiger partial charge on any atom is -0.491 e. The van der Waals surface area contributed by atoms with Gasteiger partial charge in [-0.05, 0) is 67.6 Å². The number of amides is 1. The average molecular weight is 425 g/mol. The second-order valence-electron chi connectivity index (χ2n) is 8.69. The number of methoxy groups -OCH3 is 1. The van der Waals surface area contributed by atoms with Crippen molar-refractivity contribution >= 4 is 5.91 Å². The lowest BCUT2D eigenvalue weighted by Crippen LogP contribution is -2.38. The molecule has 1 unspecified atom stereocenters. The second kappa shape index (κ2) is 11.2. The van der Waals surface area contributed by atoms with E-state index in [9.17, 15) is 9.59 Å². The van der Waals surface area contributed by atoms with Gasteiger partial charge >= 0.3 is 0 Å². The molecule has 2 aromatic rings. The van der Waals surface area contributed by atoms with E-state index in [1.807, 2.05) is 0 Å². The standard InChI is InChI=1S/C26H36N2O3/c1-4-6-8-18(5-2)20-9-7-10-21(17-20)19-11-13-22(14-12-19)28-25(29)23-15-16-27-26(30)24(23)31-3/h7,9-10,15-19,22H,4-6,8,11-14H2,1-3H3,(H,27,30)(H,28,29). The molecule has 1 aromatic carbocycles. The second-order valence-corrected chi connectivity index (χ2v) is 8.69. The van der Waals surface area contributed by atoms with Crippen LogP contribution in [0.1, 0.15) is 98.5 Å². The third-order valence-electron chi connectivity index (χ3n) is 6.68. The Balaban J connectivity index is 1.60. The van der Waals surface area contributed by atoms with Gasteiger partial charge in [-0.1, -0.05) is 51.0 Å². The molecule has 0 aliphatic heterocycles. The van der Waals surface area contributed by atoms with Crippen molar-refractivity contribution in [3.63, 3.8) is 0 Å². The summed E-state index contributed by atoms with van der Waals surface area (Å²) in [5, 5.41) is 3.10. The van der Waals surface area contributed by atoms with E-state index in [1.54, 1.807) is 6.07 Å². The van der Waals surface area contributed by atoms with Crippen molar-refractivity contribution in [1.82, 2.24) is 10.3 Å². The third-order valence-corrected chi connectivity index (χ3v) is 6.68. The van der Waals surface area contributed by atoms with E-state index >= 15 is 0 Å². The van der Waals surface area contributed by atoms with Crippen LogP contribution in [0.5, 0.6) is 5.75 Å². The smallest absolute Gasteiger partial charge is 0.291 e. The van der Waals surface area contributed by atoms with Crippen molar-refractivity contribution in [3.8, 4) is 5.75 Å². The van der Waals surface area contributed by atoms with Gasteiger partial charge in [0, 0.05) is 12.2 Å². The summed E-state index contributed by atoms with van der Waals surface area (Å²) in [5.74, 6) is 1.03. The Morgan fingerprint density at radius 1 is 1.19 bits per heavy atom. The van der Waals surface area contributed by atoms with Crippen LogP contribution in [0.4, 0.5) is 0 Å². The van der Waals surface area contributed by atoms with Crippen LogP contribution < -0.4 is 15.6 Å². The van der Waals surface area contributed by atoms with E-state index in [-0.39, 0.29) is 23.3 Å². The molecule has 31 heavy (non-hydrogen) atoms. The zero-order valence-electron chi connectivity index (χ0n) is 19.1. The highest BCUT2D eigenvalue weighted by molar-refractivity contribution is 5.96. The number of carbonyl (C=O) groups excluding carboxylic acids is 1. The molecule has 1 aliphatic rings. The zero-order valence-corrected chi connectivity index (χ0v) is 19.1. The van der Waals surface area contributed by atoms with Crippen molar-refractivity contribution in [2.75, 3.05) is 7.11 Å². The summed E-state index contributed by atoms with van der Waals surface area (Å²) in [5.41, 5.74) is 2.82. The van der Waals surface area contributed by atoms with E-state index in [4.69, 9.17) is 4.74 Å². The normalized spacial score (nSPS) is 19.6. The molecule has 5 heteroatoms. The fourth-order valence-electron chi connectivity index (χ4n) is 4.80. The van der Waals surface area contributed by atoms with E-state index in [2.05, 4.69) is 48.4 Å². The Labute approximate surface area is 185 Å². The molecule has 0 bridgehead atoms. The molecule has 1 aliphatic carbocycles. The van der Waals surface area contributed by atoms with E-state index in [1.165, 1.54) is 50.1 Å². The van der Waals surface area contributed by atoms with Crippen LogP contribution >= 0.6 is 0 Å². The fraction of sp³-hybridized carbons (Fsp3) is 0.538. The Morgan fingerprint density at radius 2 is 1.97 bits per heavy atom. The molecule has 1 heterocycles. The summed E-state index contributed by atoms with van der Waals surface area (Å²) in [6, 6.07) is 10.9. The van der Waals surface area contributed by atoms with Gasteiger partial charge in [-0.15, -0.1) is 0 Å². The summed E-state index contributed by atoms with van der Waals surface area (Å²) in [4.78, 5) is 27.1. The highest BCUT2D eigenvalue weighted by atomic mass is 16.5. The van der Waals surface area contributed by atoms with Crippen LogP contribution in [0.25, 0.3) is 0 Å². The maximum atomic E-state index is 12.7. The number of pyridine rings is 1. The zero-order chi connectivity index (χ0) is 22.2. The van der Waals surface area contributed by atoms with Gasteiger partial charge in [-0.3, -0.25) is 9.59 Å². The summed E-state index contributed by atoms with van der Waals surface area (Å²) in [6.07, 6.45) is 10.5. The first-order chi connectivity index (χ1) is 15.1. The summed E-state index contributed by atoms with van der Waals surface area (Å²) in [7, 11) is 1.41. The van der Waals surface area contributed by atoms with Crippen molar-refractivity contribution in [2.24, 2.45) is 0 Å². The molecule has 1 aromatic heterocycles. The van der Waals surface area contributed by atoms with Gasteiger partial charge in [0.05, 0.1) is 12.7 Å². The molecular weight excluding hydrogens is 388 g/mol. The first kappa shape index (κ1) is 23.1. The number of carbonyl (C=O) groups is 1. The number of nitrogens with one attached hydrogen (secondary N) is 2. The summed E-state index contributed by atoms with van der Waals surface area (Å²) in [6.45, 7) is 4.54. The molecule has 0 spiro atoms. The first-order valence-electron chi connectivity index (χ1n) is 11.7. The molecular formula is C26H36N2O3. The summed E-state index contributed by atoms with van der Waals surface area (Å²) >= 11 is 0. The van der Waals surface area contributed by atoms with Crippen LogP contribution in [0.2, 0.25) is 0 Å². The fourth-order valence-corrected chi connectivity index (χ4v) is 4.80. The highest BCUT2D eigenvalue weighted by Crippen LogP contribution is 2.35. The van der Waals surface area contributed by atoms with Crippen molar-refractivity contribution in [2.45, 2.75) is 83.1 Å². The van der Waals surface area contributed by atoms with Crippen LogP contribution in [0.15, 0.2) is 41.3 Å². The molecule has 1 amide bonds. The van der Waals surface area contributed by atoms with E-state index < -0.39 is 0 Å². The minimum atomic E-state index is -0.386. The molecule has 168 valence electrons. The molecule has 0 radical (unpaired) electrons. The highest BCUT2D eigenvalue weighted by Gasteiger charge is 2.25. The number of hydrogen-bond acceptors (Lipinski definition) is 3. The van der Waals surface area contributed by atoms with Crippen LogP contribution in [0, 0.1) is 0 Å². The molecule has 3 rings (SSSR count). The van der Waals surface area contributed by atoms with Crippen molar-refractivity contribution in [1.29, 1.82) is 0 Å². The number of H-pyrrole nitrogens is 1. The van der Waals surface area contributed by atoms with E-state index in [0.29, 0.717) is 17.4 Å². The number of hydrogen-bond donors (Lipinski definition) is 2. The van der Waals surface area contributed by atoms with Gasteiger partial charge in [0.1, 0.15) is 0 Å². The van der Waals surface area contributed by atoms with Crippen LogP contribution in [0.3, 0.4) is 0 Å². The number of ether oxygens (including phenoxy) is 1. The van der Waals surface area contributed by atoms with Gasteiger partial charge in [0.15, 0.2) is 5.75 Å². The number of unbranched alkanes of at least 4 members (excludes halogenated alkanes) is 1. The quantitative estimate of drug-likeness (QED) is 0.556. The molecule has 1 atom stereocenters. The lowest BCUT2D eigenvalue weighted by molar-refractivity contribution is 0.0922. The monoisotopic (exact) mass is 424 g/mol. The molecule has 1 fully saturated rings. The SMILES string of the molecule is CCCCC(CC)c1cccc(C2CCC(NC(=O)c3cc[nH]c(=O)c3OC)CC2)c1. The van der Waals surface area contributed by atoms with E-state index in [0.717, 1.165) is 25.7 Å². The lowest BCUT2D eigenvalue weighted by atomic mass is 9.80. The molecule has 1 saturated carbocycles. The predicted octanol–water partition coefficient (Wildman–Crippen LogP) is 5.52. The van der Waals surface area contributed by atoms with Gasteiger partial charge in [-0.25, -0.2) is 0 Å². The first-order valence-corrected chi connectivity index (χ1v) is 11.7. The number of aromatic nitrogens is 1. The molecule has 0 saturated heterocycles. The van der Waals surface area contributed by atoms with Gasteiger partial charge in [0.2, 0.25) is 0 Å². The maximum Gasteiger partial charge on any atom is 0.291 e. The van der Waals surface area contributed by atoms with Crippen molar-refractivity contribution in [3.05, 3.63) is 63.6 Å². The largest absolute Gasteiger partial charge is 0.491 e. The Bertz CT molecular complexity index is 913. The van der Waals surface area contributed by atoms with Crippen LogP contribution in [-0.2, 0) is 0 Å². The average Bonchev–Trinajstić information content (AvgIpc) is 2.80. The molecule has 2 N–H and O–H groups in total. The van der Waals surface area contributed by atoms with Gasteiger partial charge in [-0.2, -0.15) is 0 Å². The third kappa shape index (κ3) is 5.78. The Hall–Kier alpha value is -2.56. The number of benzene rings is 1. The van der Waals surface area contributed by atoms with Gasteiger partial charge < -0.3 is 15.0 Å². The minimum absolute atomic E-state index is 0.0686. The summed E-state index contributed by atoms with van der Waals surface area (Å²) < 4.78 is 5.12. The number of aromatic amines is 1. The predicted molar refractivity (Wildman–Crippen MR) is 125 cm³/mol. The topological polar surface area (TPSA) is 71.2 Å². The number of rotatable bonds is 9. The molecule has 5 nitrogen and oxygen atoms in total. The Kier molecular flexibility index (Phi) is 8.33. The lowest BCUT2D eigenvalue weighted by Gasteiger charge is -2.30.